The number of azo groups is 1. The summed E-state index contributed by atoms with van der Waals surface area (Å²) in [6.45, 7) is 3.83. The molecule has 0 atom stereocenters. The van der Waals surface area contributed by atoms with Gasteiger partial charge in [-0.1, -0.05) is 31.3 Å². The molecule has 0 radical (unpaired) electrons. The average molecular weight is 353 g/mol. The fourth-order valence-electron chi connectivity index (χ4n) is 2.48. The van der Waals surface area contributed by atoms with Crippen molar-refractivity contribution in [2.75, 3.05) is 11.6 Å². The quantitative estimate of drug-likeness (QED) is 0.306. The van der Waals surface area contributed by atoms with Gasteiger partial charge in [0.2, 0.25) is 0 Å². The minimum atomic E-state index is 0.566. The van der Waals surface area contributed by atoms with E-state index in [1.807, 2.05) is 28.6 Å². The molecule has 0 unspecified atom stereocenters. The highest BCUT2D eigenvalue weighted by Crippen LogP contribution is 2.23. The standard InChI is InChI=1S/C16H26ClN7/c1-3-4-5-6-10-24-15(18)14(13-19-24)20-21-16-22(2)11-12-23(16)9-7-8-17/h11-13,18H,3-10H2,1-2H3/p+1. The number of rotatable bonds is 10. The zero-order valence-electron chi connectivity index (χ0n) is 14.5. The summed E-state index contributed by atoms with van der Waals surface area (Å²) in [6.07, 6.45) is 11.2. The molecule has 2 aromatic heterocycles. The molecule has 8 heteroatoms. The summed E-state index contributed by atoms with van der Waals surface area (Å²) < 4.78 is 5.75. The molecule has 0 saturated carbocycles. The lowest BCUT2D eigenvalue weighted by atomic mass is 10.2. The lowest BCUT2D eigenvalue weighted by Gasteiger charge is -2.03. The Kier molecular flexibility index (Phi) is 7.24. The summed E-state index contributed by atoms with van der Waals surface area (Å²) >= 11 is 5.77. The Morgan fingerprint density at radius 3 is 2.79 bits per heavy atom. The van der Waals surface area contributed by atoms with E-state index < -0.39 is 0 Å². The normalized spacial score (nSPS) is 11.6. The molecule has 2 N–H and O–H groups in total. The zero-order chi connectivity index (χ0) is 17.4. The van der Waals surface area contributed by atoms with E-state index in [0.29, 0.717) is 17.4 Å². The van der Waals surface area contributed by atoms with Crippen molar-refractivity contribution in [2.45, 2.75) is 52.1 Å². The van der Waals surface area contributed by atoms with E-state index >= 15 is 0 Å². The largest absolute Gasteiger partial charge is 0.421 e. The molecule has 0 aliphatic heterocycles. The first kappa shape index (κ1) is 18.4. The molecule has 0 bridgehead atoms. The number of hydrogen-bond donors (Lipinski definition) is 1. The van der Waals surface area contributed by atoms with E-state index in [4.69, 9.17) is 17.3 Å². The fourth-order valence-corrected chi connectivity index (χ4v) is 2.60. The third kappa shape index (κ3) is 4.80. The van der Waals surface area contributed by atoms with Crippen LogP contribution in [0.5, 0.6) is 0 Å². The molecule has 0 spiro atoms. The molecule has 0 aromatic carbocycles. The summed E-state index contributed by atoms with van der Waals surface area (Å²) in [5.74, 6) is 1.95. The summed E-state index contributed by atoms with van der Waals surface area (Å²) in [5.41, 5.74) is 6.74. The summed E-state index contributed by atoms with van der Waals surface area (Å²) in [7, 11) is 1.94. The van der Waals surface area contributed by atoms with Crippen LogP contribution >= 0.6 is 11.6 Å². The van der Waals surface area contributed by atoms with Crippen molar-refractivity contribution in [3.8, 4) is 0 Å². The smallest absolute Gasteiger partial charge is 0.382 e. The molecular weight excluding hydrogens is 326 g/mol. The number of aryl methyl sites for hydroxylation is 3. The van der Waals surface area contributed by atoms with Crippen molar-refractivity contribution in [2.24, 2.45) is 17.3 Å². The number of nitrogen functional groups attached to an aromatic ring is 1. The minimum absolute atomic E-state index is 0.566. The number of nitrogens with zero attached hydrogens (tertiary/aromatic N) is 6. The Labute approximate surface area is 148 Å². The summed E-state index contributed by atoms with van der Waals surface area (Å²) in [5, 5.41) is 12.9. The van der Waals surface area contributed by atoms with E-state index in [0.717, 1.165) is 31.9 Å². The van der Waals surface area contributed by atoms with Gasteiger partial charge in [0.05, 0.1) is 32.2 Å². The first-order chi connectivity index (χ1) is 11.7. The van der Waals surface area contributed by atoms with Gasteiger partial charge in [0.1, 0.15) is 0 Å². The third-order valence-electron chi connectivity index (χ3n) is 3.91. The molecule has 0 aliphatic carbocycles. The predicted molar refractivity (Wildman–Crippen MR) is 95.9 cm³/mol. The van der Waals surface area contributed by atoms with E-state index in [1.165, 1.54) is 19.3 Å². The molecule has 24 heavy (non-hydrogen) atoms. The molecular formula is C16H27ClN7+. The van der Waals surface area contributed by atoms with Gasteiger partial charge in [0.15, 0.2) is 11.5 Å². The van der Waals surface area contributed by atoms with Crippen LogP contribution in [0.2, 0.25) is 0 Å². The van der Waals surface area contributed by atoms with E-state index in [2.05, 4.69) is 22.3 Å². The highest BCUT2D eigenvalue weighted by molar-refractivity contribution is 6.17. The zero-order valence-corrected chi connectivity index (χ0v) is 15.3. The van der Waals surface area contributed by atoms with Crippen LogP contribution in [0.15, 0.2) is 28.8 Å². The van der Waals surface area contributed by atoms with Crippen molar-refractivity contribution in [1.82, 2.24) is 14.3 Å². The summed E-state index contributed by atoms with van der Waals surface area (Å²) in [6, 6.07) is 0. The number of imidazole rings is 1. The molecule has 0 aliphatic rings. The maximum Gasteiger partial charge on any atom is 0.421 e. The van der Waals surface area contributed by atoms with Crippen LogP contribution in [-0.4, -0.2) is 20.2 Å². The predicted octanol–water partition coefficient (Wildman–Crippen LogP) is 3.72. The highest BCUT2D eigenvalue weighted by Gasteiger charge is 2.15. The molecule has 0 fully saturated rings. The van der Waals surface area contributed by atoms with Crippen molar-refractivity contribution in [1.29, 1.82) is 0 Å². The minimum Gasteiger partial charge on any atom is -0.382 e. The van der Waals surface area contributed by atoms with Gasteiger partial charge in [-0.3, -0.25) is 0 Å². The van der Waals surface area contributed by atoms with Crippen molar-refractivity contribution in [3.05, 3.63) is 18.6 Å². The van der Waals surface area contributed by atoms with Crippen molar-refractivity contribution < 1.29 is 4.57 Å². The highest BCUT2D eigenvalue weighted by atomic mass is 35.5. The Hall–Kier alpha value is -1.89. The van der Waals surface area contributed by atoms with Crippen LogP contribution in [0.4, 0.5) is 17.5 Å². The number of nitrogens with two attached hydrogens (primary N) is 1. The number of aromatic nitrogens is 4. The van der Waals surface area contributed by atoms with Gasteiger partial charge >= 0.3 is 5.95 Å². The van der Waals surface area contributed by atoms with Crippen LogP contribution in [0.25, 0.3) is 0 Å². The van der Waals surface area contributed by atoms with Gasteiger partial charge in [-0.25, -0.2) is 13.8 Å². The van der Waals surface area contributed by atoms with E-state index in [9.17, 15) is 0 Å². The monoisotopic (exact) mass is 352 g/mol. The first-order valence-corrected chi connectivity index (χ1v) is 9.04. The summed E-state index contributed by atoms with van der Waals surface area (Å²) in [4.78, 5) is 0. The first-order valence-electron chi connectivity index (χ1n) is 8.51. The fraction of sp³-hybridized carbons (Fsp3) is 0.625. The van der Waals surface area contributed by atoms with E-state index in [-0.39, 0.29) is 0 Å². The maximum absolute atomic E-state index is 6.13. The topological polar surface area (TPSA) is 77.4 Å². The van der Waals surface area contributed by atoms with Gasteiger partial charge in [0.25, 0.3) is 0 Å². The maximum atomic E-state index is 6.13. The number of hydrogen-bond acceptors (Lipinski definition) is 4. The second-order valence-corrected chi connectivity index (χ2v) is 6.22. The van der Waals surface area contributed by atoms with Gasteiger partial charge < -0.3 is 5.73 Å². The molecule has 7 nitrogen and oxygen atoms in total. The Bertz CT molecular complexity index is 659. The van der Waals surface area contributed by atoms with Gasteiger partial charge in [0, 0.05) is 17.5 Å². The lowest BCUT2D eigenvalue weighted by molar-refractivity contribution is -0.657. The van der Waals surface area contributed by atoms with Crippen LogP contribution in [-0.2, 0) is 20.1 Å². The second-order valence-electron chi connectivity index (χ2n) is 5.84. The van der Waals surface area contributed by atoms with Crippen molar-refractivity contribution >= 4 is 29.1 Å². The molecule has 132 valence electrons. The lowest BCUT2D eigenvalue weighted by Crippen LogP contribution is -2.25. The Balaban J connectivity index is 2.04. The molecule has 0 saturated heterocycles. The Morgan fingerprint density at radius 2 is 2.04 bits per heavy atom. The Morgan fingerprint density at radius 1 is 1.21 bits per heavy atom. The second kappa shape index (κ2) is 9.42. The number of halogens is 1. The molecule has 2 rings (SSSR count). The van der Waals surface area contributed by atoms with Crippen LogP contribution in [0.3, 0.4) is 0 Å². The van der Waals surface area contributed by atoms with Gasteiger partial charge in [-0.15, -0.1) is 11.6 Å². The number of alkyl halides is 1. The average Bonchev–Trinajstić information content (AvgIpc) is 3.11. The van der Waals surface area contributed by atoms with Crippen LogP contribution in [0, 0.1) is 0 Å². The van der Waals surface area contributed by atoms with E-state index in [1.54, 1.807) is 10.9 Å². The molecule has 0 amide bonds. The molecule has 2 heterocycles. The number of unbranched alkanes of at least 4 members (excludes halogenated alkanes) is 3. The number of anilines is 1. The van der Waals surface area contributed by atoms with Gasteiger partial charge in [-0.2, -0.15) is 5.10 Å². The van der Waals surface area contributed by atoms with Crippen LogP contribution in [0.1, 0.15) is 39.0 Å². The van der Waals surface area contributed by atoms with Crippen LogP contribution < -0.4 is 10.3 Å². The molecule has 2 aromatic rings. The van der Waals surface area contributed by atoms with Crippen molar-refractivity contribution in [3.63, 3.8) is 0 Å². The third-order valence-corrected chi connectivity index (χ3v) is 4.17. The van der Waals surface area contributed by atoms with Gasteiger partial charge in [-0.05, 0) is 12.8 Å². The SMILES string of the molecule is CCCCCCn1ncc(N=Nc2n(CCCCl)cc[n+]2C)c1N.